The summed E-state index contributed by atoms with van der Waals surface area (Å²) < 4.78 is 0. The van der Waals surface area contributed by atoms with Gasteiger partial charge < -0.3 is 10.2 Å². The Morgan fingerprint density at radius 1 is 1.05 bits per heavy atom. The van der Waals surface area contributed by atoms with Crippen LogP contribution in [0.4, 0.5) is 0 Å². The van der Waals surface area contributed by atoms with Crippen LogP contribution in [0.2, 0.25) is 0 Å². The summed E-state index contributed by atoms with van der Waals surface area (Å²) >= 11 is 0. The van der Waals surface area contributed by atoms with Crippen molar-refractivity contribution in [3.05, 3.63) is 0 Å². The molecule has 2 heterocycles. The van der Waals surface area contributed by atoms with Crippen molar-refractivity contribution in [2.24, 2.45) is 0 Å². The largest absolute Gasteiger partial charge is 0.312 e. The highest BCUT2D eigenvalue weighted by atomic mass is 15.3. The number of rotatable bonds is 5. The molecule has 3 heteroatoms. The Labute approximate surface area is 119 Å². The SMILES string of the molecule is CC(C)(C)NCCCCN1CCCN2CCCC2C1. The second kappa shape index (κ2) is 7.05. The Kier molecular flexibility index (Phi) is 5.67. The van der Waals surface area contributed by atoms with Crippen LogP contribution in [0.15, 0.2) is 0 Å². The lowest BCUT2D eigenvalue weighted by Gasteiger charge is -2.26. The van der Waals surface area contributed by atoms with Crippen molar-refractivity contribution in [1.29, 1.82) is 0 Å². The average molecular weight is 267 g/mol. The first-order valence-electron chi connectivity index (χ1n) is 8.26. The van der Waals surface area contributed by atoms with Gasteiger partial charge in [0.2, 0.25) is 0 Å². The van der Waals surface area contributed by atoms with Crippen molar-refractivity contribution in [3.63, 3.8) is 0 Å². The molecule has 2 saturated heterocycles. The maximum Gasteiger partial charge on any atom is 0.0223 e. The molecule has 2 aliphatic rings. The molecular formula is C16H33N3. The van der Waals surface area contributed by atoms with Gasteiger partial charge in [-0.25, -0.2) is 0 Å². The van der Waals surface area contributed by atoms with Crippen molar-refractivity contribution in [3.8, 4) is 0 Å². The maximum absolute atomic E-state index is 3.58. The van der Waals surface area contributed by atoms with E-state index in [-0.39, 0.29) is 5.54 Å². The zero-order valence-corrected chi connectivity index (χ0v) is 13.2. The van der Waals surface area contributed by atoms with Crippen LogP contribution in [0.25, 0.3) is 0 Å². The van der Waals surface area contributed by atoms with Gasteiger partial charge in [0, 0.05) is 18.1 Å². The van der Waals surface area contributed by atoms with Gasteiger partial charge in [-0.15, -0.1) is 0 Å². The summed E-state index contributed by atoms with van der Waals surface area (Å²) in [6.45, 7) is 14.5. The predicted molar refractivity (Wildman–Crippen MR) is 82.6 cm³/mol. The summed E-state index contributed by atoms with van der Waals surface area (Å²) in [5, 5.41) is 3.58. The number of unbranched alkanes of at least 4 members (excludes halogenated alkanes) is 1. The monoisotopic (exact) mass is 267 g/mol. The van der Waals surface area contributed by atoms with Crippen LogP contribution in [0, 0.1) is 0 Å². The van der Waals surface area contributed by atoms with Gasteiger partial charge in [-0.1, -0.05) is 0 Å². The minimum Gasteiger partial charge on any atom is -0.312 e. The van der Waals surface area contributed by atoms with E-state index in [1.165, 1.54) is 64.8 Å². The Morgan fingerprint density at radius 2 is 1.84 bits per heavy atom. The van der Waals surface area contributed by atoms with Crippen molar-refractivity contribution >= 4 is 0 Å². The Hall–Kier alpha value is -0.120. The van der Waals surface area contributed by atoms with E-state index in [1.807, 2.05) is 0 Å². The second-order valence-corrected chi connectivity index (χ2v) is 7.37. The smallest absolute Gasteiger partial charge is 0.0223 e. The molecule has 0 aromatic rings. The number of nitrogens with zero attached hydrogens (tertiary/aromatic N) is 2. The zero-order chi connectivity index (χ0) is 13.7. The lowest BCUT2D eigenvalue weighted by Crippen LogP contribution is -2.38. The molecule has 0 amide bonds. The molecule has 2 rings (SSSR count). The van der Waals surface area contributed by atoms with Crippen molar-refractivity contribution in [2.75, 3.05) is 39.3 Å². The van der Waals surface area contributed by atoms with Crippen LogP contribution < -0.4 is 5.32 Å². The normalized spacial score (nSPS) is 26.4. The van der Waals surface area contributed by atoms with Gasteiger partial charge in [0.05, 0.1) is 0 Å². The molecule has 1 unspecified atom stereocenters. The van der Waals surface area contributed by atoms with E-state index in [9.17, 15) is 0 Å². The van der Waals surface area contributed by atoms with Crippen LogP contribution in [-0.2, 0) is 0 Å². The lowest BCUT2D eigenvalue weighted by molar-refractivity contribution is 0.217. The molecule has 0 bridgehead atoms. The highest BCUT2D eigenvalue weighted by molar-refractivity contribution is 4.84. The van der Waals surface area contributed by atoms with E-state index in [4.69, 9.17) is 0 Å². The topological polar surface area (TPSA) is 18.5 Å². The summed E-state index contributed by atoms with van der Waals surface area (Å²) in [4.78, 5) is 5.44. The fraction of sp³-hybridized carbons (Fsp3) is 1.00. The van der Waals surface area contributed by atoms with Gasteiger partial charge in [0.1, 0.15) is 0 Å². The number of nitrogens with one attached hydrogen (secondary N) is 1. The van der Waals surface area contributed by atoms with E-state index >= 15 is 0 Å². The summed E-state index contributed by atoms with van der Waals surface area (Å²) in [7, 11) is 0. The quantitative estimate of drug-likeness (QED) is 0.771. The van der Waals surface area contributed by atoms with Crippen LogP contribution in [-0.4, -0.2) is 60.6 Å². The Balaban J connectivity index is 1.60. The van der Waals surface area contributed by atoms with Crippen LogP contribution in [0.5, 0.6) is 0 Å². The summed E-state index contributed by atoms with van der Waals surface area (Å²) in [5.74, 6) is 0. The Bertz CT molecular complexity index is 259. The van der Waals surface area contributed by atoms with E-state index in [1.54, 1.807) is 0 Å². The number of hydrogen-bond acceptors (Lipinski definition) is 3. The predicted octanol–water partition coefficient (Wildman–Crippen LogP) is 2.32. The molecule has 3 nitrogen and oxygen atoms in total. The highest BCUT2D eigenvalue weighted by Gasteiger charge is 2.28. The first-order chi connectivity index (χ1) is 9.04. The van der Waals surface area contributed by atoms with Crippen molar-refractivity contribution in [2.45, 2.75) is 64.5 Å². The molecule has 0 aromatic carbocycles. The zero-order valence-electron chi connectivity index (χ0n) is 13.2. The first-order valence-corrected chi connectivity index (χ1v) is 8.26. The molecule has 1 N–H and O–H groups in total. The molecule has 112 valence electrons. The third-order valence-corrected chi connectivity index (χ3v) is 4.44. The minimum atomic E-state index is 0.271. The summed E-state index contributed by atoms with van der Waals surface area (Å²) in [5.41, 5.74) is 0.271. The third kappa shape index (κ3) is 5.41. The van der Waals surface area contributed by atoms with Gasteiger partial charge in [0.25, 0.3) is 0 Å². The van der Waals surface area contributed by atoms with Crippen molar-refractivity contribution < 1.29 is 0 Å². The fourth-order valence-electron chi connectivity index (χ4n) is 3.41. The molecule has 2 fully saturated rings. The van der Waals surface area contributed by atoms with E-state index in [0.29, 0.717) is 0 Å². The van der Waals surface area contributed by atoms with E-state index < -0.39 is 0 Å². The molecular weight excluding hydrogens is 234 g/mol. The van der Waals surface area contributed by atoms with E-state index in [2.05, 4.69) is 35.9 Å². The van der Waals surface area contributed by atoms with Gasteiger partial charge in [-0.3, -0.25) is 4.90 Å². The molecule has 0 aliphatic carbocycles. The molecule has 2 aliphatic heterocycles. The summed E-state index contributed by atoms with van der Waals surface area (Å²) in [6.07, 6.45) is 6.88. The molecule has 1 atom stereocenters. The Morgan fingerprint density at radius 3 is 2.63 bits per heavy atom. The maximum atomic E-state index is 3.58. The van der Waals surface area contributed by atoms with E-state index in [0.717, 1.165) is 12.6 Å². The minimum absolute atomic E-state index is 0.271. The van der Waals surface area contributed by atoms with Gasteiger partial charge in [-0.05, 0) is 85.6 Å². The van der Waals surface area contributed by atoms with Gasteiger partial charge >= 0.3 is 0 Å². The lowest BCUT2D eigenvalue weighted by atomic mass is 10.1. The molecule has 0 radical (unpaired) electrons. The van der Waals surface area contributed by atoms with Gasteiger partial charge in [0.15, 0.2) is 0 Å². The molecule has 19 heavy (non-hydrogen) atoms. The average Bonchev–Trinajstić information content (AvgIpc) is 2.66. The number of hydrogen-bond donors (Lipinski definition) is 1. The van der Waals surface area contributed by atoms with Crippen LogP contribution >= 0.6 is 0 Å². The standard InChI is InChI=1S/C16H33N3/c1-16(2,3)17-9-4-5-10-18-11-7-13-19-12-6-8-15(19)14-18/h15,17H,4-14H2,1-3H3. The van der Waals surface area contributed by atoms with Crippen LogP contribution in [0.3, 0.4) is 0 Å². The summed E-state index contributed by atoms with van der Waals surface area (Å²) in [6, 6.07) is 0.871. The number of fused-ring (bicyclic) bond motifs is 1. The van der Waals surface area contributed by atoms with Gasteiger partial charge in [-0.2, -0.15) is 0 Å². The molecule has 0 aromatic heterocycles. The third-order valence-electron chi connectivity index (χ3n) is 4.44. The molecule has 0 spiro atoms. The fourth-order valence-corrected chi connectivity index (χ4v) is 3.41. The first kappa shape index (κ1) is 15.3. The van der Waals surface area contributed by atoms with Crippen molar-refractivity contribution in [1.82, 2.24) is 15.1 Å². The second-order valence-electron chi connectivity index (χ2n) is 7.37. The highest BCUT2D eigenvalue weighted by Crippen LogP contribution is 2.21. The molecule has 0 saturated carbocycles. The van der Waals surface area contributed by atoms with Crippen LogP contribution in [0.1, 0.15) is 52.9 Å².